The van der Waals surface area contributed by atoms with Gasteiger partial charge >= 0.3 is 0 Å². The van der Waals surface area contributed by atoms with Crippen LogP contribution in [0.4, 0.5) is 15.8 Å². The Morgan fingerprint density at radius 1 is 1.38 bits per heavy atom. The lowest BCUT2D eigenvalue weighted by Gasteiger charge is -2.07. The molecule has 0 saturated heterocycles. The molecule has 0 aliphatic rings. The van der Waals surface area contributed by atoms with Crippen molar-refractivity contribution in [3.05, 3.63) is 54.6 Å². The Morgan fingerprint density at radius 2 is 2.24 bits per heavy atom. The number of hydrogen-bond donors (Lipinski definition) is 3. The predicted molar refractivity (Wildman–Crippen MR) is 74.5 cm³/mol. The molecule has 2 heterocycles. The van der Waals surface area contributed by atoms with Gasteiger partial charge in [0.25, 0.3) is 5.91 Å². The zero-order valence-corrected chi connectivity index (χ0v) is 10.7. The molecule has 0 spiro atoms. The summed E-state index contributed by atoms with van der Waals surface area (Å²) in [6.45, 7) is 0. The Labute approximate surface area is 118 Å². The number of carbonyl (C=O) groups is 1. The molecule has 0 fully saturated rings. The van der Waals surface area contributed by atoms with E-state index < -0.39 is 11.7 Å². The Bertz CT molecular complexity index is 780. The summed E-state index contributed by atoms with van der Waals surface area (Å²) < 4.78 is 15.3. The fraction of sp³-hybridized carbons (Fsp3) is 0. The van der Waals surface area contributed by atoms with E-state index in [4.69, 9.17) is 5.73 Å². The number of rotatable bonds is 3. The topological polar surface area (TPSA) is 102 Å². The lowest BCUT2D eigenvalue weighted by atomic mass is 10.2. The molecule has 8 heteroatoms. The number of amides is 1. The smallest absolute Gasteiger partial charge is 0.272 e. The molecule has 21 heavy (non-hydrogen) atoms. The Kier molecular flexibility index (Phi) is 3.11. The second-order valence-corrected chi connectivity index (χ2v) is 4.31. The van der Waals surface area contributed by atoms with Gasteiger partial charge in [-0.25, -0.2) is 14.1 Å². The number of nitrogen functional groups attached to an aromatic ring is 1. The molecule has 1 aromatic carbocycles. The van der Waals surface area contributed by atoms with Crippen molar-refractivity contribution in [2.45, 2.75) is 0 Å². The number of hydrogen-bond acceptors (Lipinski definition) is 4. The van der Waals surface area contributed by atoms with Crippen LogP contribution in [0.25, 0.3) is 5.69 Å². The molecule has 0 aliphatic heterocycles. The maximum Gasteiger partial charge on any atom is 0.272 e. The van der Waals surface area contributed by atoms with Crippen molar-refractivity contribution >= 4 is 17.3 Å². The summed E-state index contributed by atoms with van der Waals surface area (Å²) in [5.41, 5.74) is 6.85. The van der Waals surface area contributed by atoms with Gasteiger partial charge in [0, 0.05) is 17.6 Å². The zero-order valence-electron chi connectivity index (χ0n) is 10.7. The summed E-state index contributed by atoms with van der Waals surface area (Å²) in [5.74, 6) is -0.927. The Hall–Kier alpha value is -3.16. The van der Waals surface area contributed by atoms with E-state index in [1.807, 2.05) is 0 Å². The zero-order chi connectivity index (χ0) is 14.8. The van der Waals surface area contributed by atoms with Crippen molar-refractivity contribution in [3.63, 3.8) is 0 Å². The van der Waals surface area contributed by atoms with Gasteiger partial charge in [-0.05, 0) is 24.3 Å². The second kappa shape index (κ2) is 5.08. The summed E-state index contributed by atoms with van der Waals surface area (Å²) >= 11 is 0. The summed E-state index contributed by atoms with van der Waals surface area (Å²) in [5, 5.41) is 6.42. The lowest BCUT2D eigenvalue weighted by Crippen LogP contribution is -2.12. The van der Waals surface area contributed by atoms with Crippen molar-refractivity contribution in [1.82, 2.24) is 19.7 Å². The van der Waals surface area contributed by atoms with Crippen LogP contribution < -0.4 is 11.1 Å². The first-order chi connectivity index (χ1) is 10.1. The normalized spacial score (nSPS) is 10.5. The van der Waals surface area contributed by atoms with Crippen LogP contribution in [0.15, 0.2) is 43.1 Å². The van der Waals surface area contributed by atoms with Crippen LogP contribution in [0.1, 0.15) is 10.5 Å². The first-order valence-corrected chi connectivity index (χ1v) is 6.03. The number of benzene rings is 1. The van der Waals surface area contributed by atoms with Gasteiger partial charge in [-0.2, -0.15) is 5.10 Å². The number of H-pyrrole nitrogens is 1. The minimum Gasteiger partial charge on any atom is -0.397 e. The largest absolute Gasteiger partial charge is 0.397 e. The minimum atomic E-state index is -0.524. The quantitative estimate of drug-likeness (QED) is 0.680. The lowest BCUT2D eigenvalue weighted by molar-refractivity contribution is 0.102. The highest BCUT2D eigenvalue weighted by atomic mass is 19.1. The standard InChI is InChI=1S/C13H11FN6O/c14-10-4-9(1-2-12(10)20-7-16-6-18-20)19-13(21)11-3-8(15)5-17-11/h1-7,17H,15H2,(H,19,21). The second-order valence-electron chi connectivity index (χ2n) is 4.31. The van der Waals surface area contributed by atoms with Crippen molar-refractivity contribution in [2.75, 3.05) is 11.1 Å². The molecular formula is C13H11FN6O. The molecule has 3 aromatic rings. The monoisotopic (exact) mass is 286 g/mol. The number of aromatic amines is 1. The number of nitrogens with one attached hydrogen (secondary N) is 2. The molecule has 106 valence electrons. The number of nitrogens with two attached hydrogens (primary N) is 1. The molecule has 0 bridgehead atoms. The molecule has 2 aromatic heterocycles. The molecule has 0 atom stereocenters. The van der Waals surface area contributed by atoms with Crippen molar-refractivity contribution in [3.8, 4) is 5.69 Å². The van der Waals surface area contributed by atoms with Crippen LogP contribution in [-0.4, -0.2) is 25.7 Å². The van der Waals surface area contributed by atoms with Gasteiger partial charge in [-0.3, -0.25) is 4.79 Å². The van der Waals surface area contributed by atoms with Gasteiger partial charge in [0.2, 0.25) is 0 Å². The van der Waals surface area contributed by atoms with Crippen LogP contribution in [0.3, 0.4) is 0 Å². The molecule has 0 unspecified atom stereocenters. The number of carbonyl (C=O) groups excluding carboxylic acids is 1. The average Bonchev–Trinajstić information content (AvgIpc) is 3.10. The molecule has 0 saturated carbocycles. The summed E-state index contributed by atoms with van der Waals surface area (Å²) in [4.78, 5) is 18.4. The first-order valence-electron chi connectivity index (χ1n) is 6.03. The van der Waals surface area contributed by atoms with Crippen LogP contribution in [0.2, 0.25) is 0 Å². The van der Waals surface area contributed by atoms with E-state index in [1.165, 1.54) is 41.7 Å². The third-order valence-electron chi connectivity index (χ3n) is 2.82. The Balaban J connectivity index is 1.81. The predicted octanol–water partition coefficient (Wildman–Crippen LogP) is 1.57. The SMILES string of the molecule is Nc1c[nH]c(C(=O)Nc2ccc(-n3cncn3)c(F)c2)c1. The number of nitrogens with zero attached hydrogens (tertiary/aromatic N) is 3. The first kappa shape index (κ1) is 12.9. The highest BCUT2D eigenvalue weighted by Gasteiger charge is 2.11. The molecular weight excluding hydrogens is 275 g/mol. The molecule has 0 aliphatic carbocycles. The van der Waals surface area contributed by atoms with Gasteiger partial charge in [0.15, 0.2) is 5.82 Å². The fourth-order valence-corrected chi connectivity index (χ4v) is 1.84. The van der Waals surface area contributed by atoms with Crippen LogP contribution >= 0.6 is 0 Å². The summed E-state index contributed by atoms with van der Waals surface area (Å²) in [6, 6.07) is 5.78. The molecule has 7 nitrogen and oxygen atoms in total. The Morgan fingerprint density at radius 3 is 2.86 bits per heavy atom. The van der Waals surface area contributed by atoms with Gasteiger partial charge in [-0.15, -0.1) is 0 Å². The van der Waals surface area contributed by atoms with Gasteiger partial charge < -0.3 is 16.0 Å². The van der Waals surface area contributed by atoms with Crippen molar-refractivity contribution in [1.29, 1.82) is 0 Å². The molecule has 3 rings (SSSR count). The van der Waals surface area contributed by atoms with E-state index in [0.717, 1.165) is 0 Å². The fourth-order valence-electron chi connectivity index (χ4n) is 1.84. The highest BCUT2D eigenvalue weighted by molar-refractivity contribution is 6.03. The number of anilines is 2. The average molecular weight is 286 g/mol. The van der Waals surface area contributed by atoms with E-state index in [1.54, 1.807) is 6.07 Å². The third kappa shape index (κ3) is 2.59. The molecule has 1 amide bonds. The van der Waals surface area contributed by atoms with Gasteiger partial charge in [-0.1, -0.05) is 0 Å². The maximum atomic E-state index is 14.0. The summed E-state index contributed by atoms with van der Waals surface area (Å²) in [7, 11) is 0. The van der Waals surface area contributed by atoms with Crippen LogP contribution in [-0.2, 0) is 0 Å². The number of halogens is 1. The van der Waals surface area contributed by atoms with Gasteiger partial charge in [0.05, 0.1) is 0 Å². The van der Waals surface area contributed by atoms with E-state index in [0.29, 0.717) is 17.1 Å². The van der Waals surface area contributed by atoms with Gasteiger partial charge in [0.1, 0.15) is 24.0 Å². The third-order valence-corrected chi connectivity index (χ3v) is 2.82. The minimum absolute atomic E-state index is 0.245. The van der Waals surface area contributed by atoms with Crippen LogP contribution in [0.5, 0.6) is 0 Å². The van der Waals surface area contributed by atoms with E-state index >= 15 is 0 Å². The van der Waals surface area contributed by atoms with Crippen molar-refractivity contribution < 1.29 is 9.18 Å². The number of aromatic nitrogens is 4. The highest BCUT2D eigenvalue weighted by Crippen LogP contribution is 2.18. The van der Waals surface area contributed by atoms with E-state index in [9.17, 15) is 9.18 Å². The van der Waals surface area contributed by atoms with E-state index in [-0.39, 0.29) is 5.69 Å². The molecule has 0 radical (unpaired) electrons. The van der Waals surface area contributed by atoms with Crippen molar-refractivity contribution in [2.24, 2.45) is 0 Å². The maximum absolute atomic E-state index is 14.0. The molecule has 4 N–H and O–H groups in total. The summed E-state index contributed by atoms with van der Waals surface area (Å²) in [6.07, 6.45) is 4.20. The van der Waals surface area contributed by atoms with Crippen LogP contribution in [0, 0.1) is 5.82 Å². The van der Waals surface area contributed by atoms with E-state index in [2.05, 4.69) is 20.4 Å².